The van der Waals surface area contributed by atoms with Crippen molar-refractivity contribution in [3.8, 4) is 0 Å². The van der Waals surface area contributed by atoms with Crippen molar-refractivity contribution in [2.24, 2.45) is 0 Å². The van der Waals surface area contributed by atoms with Gasteiger partial charge in [0, 0.05) is 19.3 Å². The number of aromatic nitrogens is 1. The quantitative estimate of drug-likeness (QED) is 0.889. The van der Waals surface area contributed by atoms with Gasteiger partial charge >= 0.3 is 0 Å². The van der Waals surface area contributed by atoms with Gasteiger partial charge < -0.3 is 10.2 Å². The van der Waals surface area contributed by atoms with E-state index in [0.717, 1.165) is 36.9 Å². The van der Waals surface area contributed by atoms with Crippen molar-refractivity contribution >= 4 is 11.8 Å². The number of carbonyl (C=O) groups is 2. The average molecular weight is 287 g/mol. The Morgan fingerprint density at radius 2 is 2.19 bits per heavy atom. The lowest BCUT2D eigenvalue weighted by molar-refractivity contribution is -0.150. The molecule has 5 nitrogen and oxygen atoms in total. The maximum Gasteiger partial charge on any atom is 0.246 e. The van der Waals surface area contributed by atoms with Crippen molar-refractivity contribution in [1.82, 2.24) is 15.2 Å². The summed E-state index contributed by atoms with van der Waals surface area (Å²) < 4.78 is 0. The zero-order chi connectivity index (χ0) is 14.9. The molecule has 112 valence electrons. The third-order valence-corrected chi connectivity index (χ3v) is 4.73. The van der Waals surface area contributed by atoms with Gasteiger partial charge in [-0.3, -0.25) is 14.6 Å². The number of carbonyl (C=O) groups excluding carboxylic acids is 2. The Hall–Kier alpha value is -1.91. The van der Waals surface area contributed by atoms with Crippen LogP contribution in [0.3, 0.4) is 0 Å². The minimum Gasteiger partial charge on any atom is -0.352 e. The van der Waals surface area contributed by atoms with E-state index in [-0.39, 0.29) is 18.2 Å². The van der Waals surface area contributed by atoms with Crippen LogP contribution in [0.15, 0.2) is 18.3 Å². The largest absolute Gasteiger partial charge is 0.352 e. The van der Waals surface area contributed by atoms with Crippen LogP contribution in [0.4, 0.5) is 0 Å². The second-order valence-corrected chi connectivity index (χ2v) is 5.98. The van der Waals surface area contributed by atoms with Gasteiger partial charge in [0.1, 0.15) is 5.54 Å². The fourth-order valence-electron chi connectivity index (χ4n) is 3.54. The minimum atomic E-state index is -0.599. The first-order valence-electron chi connectivity index (χ1n) is 7.63. The highest BCUT2D eigenvalue weighted by molar-refractivity contribution is 5.93. The molecule has 21 heavy (non-hydrogen) atoms. The Kier molecular flexibility index (Phi) is 3.66. The van der Waals surface area contributed by atoms with E-state index in [2.05, 4.69) is 10.3 Å². The number of aryl methyl sites for hydroxylation is 1. The first-order valence-corrected chi connectivity index (χ1v) is 7.63. The minimum absolute atomic E-state index is 0.0218. The smallest absolute Gasteiger partial charge is 0.246 e. The van der Waals surface area contributed by atoms with Crippen molar-refractivity contribution in [2.45, 2.75) is 44.6 Å². The van der Waals surface area contributed by atoms with Crippen LogP contribution < -0.4 is 5.32 Å². The number of nitrogens with zero attached hydrogens (tertiary/aromatic N) is 2. The van der Waals surface area contributed by atoms with Crippen LogP contribution in [-0.4, -0.2) is 40.3 Å². The number of piperazine rings is 1. The van der Waals surface area contributed by atoms with E-state index in [4.69, 9.17) is 0 Å². The fourth-order valence-corrected chi connectivity index (χ4v) is 3.54. The van der Waals surface area contributed by atoms with Crippen molar-refractivity contribution in [2.75, 3.05) is 13.1 Å². The Morgan fingerprint density at radius 1 is 1.43 bits per heavy atom. The van der Waals surface area contributed by atoms with E-state index in [1.54, 1.807) is 6.20 Å². The van der Waals surface area contributed by atoms with Crippen molar-refractivity contribution in [3.05, 3.63) is 29.6 Å². The summed E-state index contributed by atoms with van der Waals surface area (Å²) in [5.41, 5.74) is 1.23. The SMILES string of the molecule is Cc1cccnc1CC(=O)N1CCNC(=O)C12CCCC2. The van der Waals surface area contributed by atoms with Gasteiger partial charge in [-0.05, 0) is 31.4 Å². The molecule has 2 heterocycles. The zero-order valence-electron chi connectivity index (χ0n) is 12.4. The molecule has 1 spiro atoms. The molecule has 0 atom stereocenters. The molecule has 2 amide bonds. The second-order valence-electron chi connectivity index (χ2n) is 5.98. The summed E-state index contributed by atoms with van der Waals surface area (Å²) >= 11 is 0. The summed E-state index contributed by atoms with van der Waals surface area (Å²) in [4.78, 5) is 31.2. The molecule has 1 aromatic rings. The number of amides is 2. The average Bonchev–Trinajstić information content (AvgIpc) is 2.95. The van der Waals surface area contributed by atoms with Crippen LogP contribution in [0.1, 0.15) is 36.9 Å². The third-order valence-electron chi connectivity index (χ3n) is 4.73. The molecule has 1 saturated carbocycles. The summed E-state index contributed by atoms with van der Waals surface area (Å²) in [5, 5.41) is 2.93. The monoisotopic (exact) mass is 287 g/mol. The zero-order valence-corrected chi connectivity index (χ0v) is 12.4. The lowest BCUT2D eigenvalue weighted by atomic mass is 9.91. The maximum atomic E-state index is 12.7. The molecule has 0 radical (unpaired) electrons. The molecule has 0 unspecified atom stereocenters. The number of pyridine rings is 1. The topological polar surface area (TPSA) is 62.3 Å². The van der Waals surface area contributed by atoms with Crippen LogP contribution in [0.5, 0.6) is 0 Å². The lowest BCUT2D eigenvalue weighted by Crippen LogP contribution is -2.65. The predicted octanol–water partition coefficient (Wildman–Crippen LogP) is 1.20. The van der Waals surface area contributed by atoms with Gasteiger partial charge in [0.05, 0.1) is 12.1 Å². The summed E-state index contributed by atoms with van der Waals surface area (Å²) in [6.07, 6.45) is 5.59. The molecule has 2 aliphatic rings. The third kappa shape index (κ3) is 2.41. The van der Waals surface area contributed by atoms with Gasteiger partial charge in [-0.1, -0.05) is 18.9 Å². The highest BCUT2D eigenvalue weighted by atomic mass is 16.2. The molecule has 1 aliphatic carbocycles. The summed E-state index contributed by atoms with van der Waals surface area (Å²) in [5.74, 6) is 0.0471. The van der Waals surface area contributed by atoms with Gasteiger partial charge in [-0.2, -0.15) is 0 Å². The second kappa shape index (κ2) is 5.47. The van der Waals surface area contributed by atoms with E-state index < -0.39 is 5.54 Å². The number of hydrogen-bond donors (Lipinski definition) is 1. The molecular formula is C16H21N3O2. The Balaban J connectivity index is 1.82. The number of hydrogen-bond acceptors (Lipinski definition) is 3. The first-order chi connectivity index (χ1) is 10.1. The maximum absolute atomic E-state index is 12.7. The highest BCUT2D eigenvalue weighted by Gasteiger charge is 2.49. The first kappa shape index (κ1) is 14.0. The van der Waals surface area contributed by atoms with Crippen molar-refractivity contribution in [1.29, 1.82) is 0 Å². The van der Waals surface area contributed by atoms with Crippen molar-refractivity contribution < 1.29 is 9.59 Å². The van der Waals surface area contributed by atoms with Gasteiger partial charge in [0.2, 0.25) is 11.8 Å². The summed E-state index contributed by atoms with van der Waals surface area (Å²) in [7, 11) is 0. The van der Waals surface area contributed by atoms with E-state index in [0.29, 0.717) is 13.1 Å². The molecule has 1 N–H and O–H groups in total. The fraction of sp³-hybridized carbons (Fsp3) is 0.562. The van der Waals surface area contributed by atoms with Crippen LogP contribution in [0.2, 0.25) is 0 Å². The molecule has 1 saturated heterocycles. The summed E-state index contributed by atoms with van der Waals surface area (Å²) in [6, 6.07) is 3.83. The highest BCUT2D eigenvalue weighted by Crippen LogP contribution is 2.37. The van der Waals surface area contributed by atoms with E-state index >= 15 is 0 Å². The standard InChI is InChI=1S/C16H21N3O2/c1-12-5-4-8-17-13(12)11-14(20)19-10-9-18-15(21)16(19)6-2-3-7-16/h4-5,8H,2-3,6-7,9-11H2,1H3,(H,18,21). The molecule has 1 aromatic heterocycles. The number of nitrogens with one attached hydrogen (secondary N) is 1. The van der Waals surface area contributed by atoms with E-state index in [1.165, 1.54) is 0 Å². The molecule has 3 rings (SSSR count). The molecule has 5 heteroatoms. The normalized spacial score (nSPS) is 20.6. The Labute approximate surface area is 124 Å². The molecule has 2 fully saturated rings. The van der Waals surface area contributed by atoms with Crippen LogP contribution in [0.25, 0.3) is 0 Å². The lowest BCUT2D eigenvalue weighted by Gasteiger charge is -2.43. The van der Waals surface area contributed by atoms with Crippen LogP contribution >= 0.6 is 0 Å². The Bertz CT molecular complexity index is 564. The van der Waals surface area contributed by atoms with E-state index in [9.17, 15) is 9.59 Å². The van der Waals surface area contributed by atoms with Crippen LogP contribution in [0, 0.1) is 6.92 Å². The van der Waals surface area contributed by atoms with Gasteiger partial charge in [-0.15, -0.1) is 0 Å². The Morgan fingerprint density at radius 3 is 2.90 bits per heavy atom. The van der Waals surface area contributed by atoms with Crippen LogP contribution in [-0.2, 0) is 16.0 Å². The molecule has 1 aliphatic heterocycles. The van der Waals surface area contributed by atoms with Gasteiger partial charge in [0.15, 0.2) is 0 Å². The van der Waals surface area contributed by atoms with Gasteiger partial charge in [0.25, 0.3) is 0 Å². The summed E-state index contributed by atoms with van der Waals surface area (Å²) in [6.45, 7) is 3.12. The van der Waals surface area contributed by atoms with Crippen molar-refractivity contribution in [3.63, 3.8) is 0 Å². The van der Waals surface area contributed by atoms with Gasteiger partial charge in [-0.25, -0.2) is 0 Å². The van der Waals surface area contributed by atoms with E-state index in [1.807, 2.05) is 24.0 Å². The predicted molar refractivity (Wildman–Crippen MR) is 78.6 cm³/mol. The molecule has 0 bridgehead atoms. The molecule has 0 aromatic carbocycles. The molecular weight excluding hydrogens is 266 g/mol. The number of rotatable bonds is 2.